The second kappa shape index (κ2) is 8.08. The van der Waals surface area contributed by atoms with E-state index >= 15 is 0 Å². The molecule has 1 aliphatic heterocycles. The molecule has 1 unspecified atom stereocenters. The summed E-state index contributed by atoms with van der Waals surface area (Å²) in [6.45, 7) is 0. The lowest BCUT2D eigenvalue weighted by Gasteiger charge is -2.21. The minimum atomic E-state index is -4.54. The maximum atomic E-state index is 12.8. The van der Waals surface area contributed by atoms with Crippen LogP contribution in [0.25, 0.3) is 22.1 Å². The number of hydrogen-bond acceptors (Lipinski definition) is 11. The number of rotatable bonds is 5. The van der Waals surface area contributed by atoms with Crippen LogP contribution in [0.15, 0.2) is 52.8 Å². The molecule has 5 atom stereocenters. The largest absolute Gasteiger partial charge is 0.387 e. The van der Waals surface area contributed by atoms with Gasteiger partial charge >= 0.3 is 0 Å². The SMILES string of the molecule is Nc1ncnc2c1ncn2[C@@H]1O[C@H](C(O)NS(=O)(=O)c2c[nH]c3ccccc3c2=O)[C@@H](O)[C@H]1O. The van der Waals surface area contributed by atoms with E-state index in [4.69, 9.17) is 10.5 Å². The Hall–Kier alpha value is -3.47. The number of sulfonamides is 1. The number of aliphatic hydroxyl groups is 3. The van der Waals surface area contributed by atoms with Crippen molar-refractivity contribution in [3.63, 3.8) is 0 Å². The summed E-state index contributed by atoms with van der Waals surface area (Å²) in [4.78, 5) is 26.7. The molecular formula is C19H19N7O7S. The van der Waals surface area contributed by atoms with Crippen molar-refractivity contribution in [2.45, 2.75) is 35.7 Å². The molecule has 1 aliphatic rings. The van der Waals surface area contributed by atoms with Gasteiger partial charge in [0.25, 0.3) is 0 Å². The molecule has 1 aromatic carbocycles. The number of ether oxygens (including phenoxy) is 1. The lowest BCUT2D eigenvalue weighted by atomic mass is 10.1. The van der Waals surface area contributed by atoms with Crippen molar-refractivity contribution in [1.29, 1.82) is 0 Å². The van der Waals surface area contributed by atoms with Crippen LogP contribution in [0.3, 0.4) is 0 Å². The highest BCUT2D eigenvalue weighted by Gasteiger charge is 2.48. The smallest absolute Gasteiger partial charge is 0.248 e. The van der Waals surface area contributed by atoms with E-state index in [1.807, 2.05) is 4.72 Å². The quantitative estimate of drug-likeness (QED) is 0.171. The highest BCUT2D eigenvalue weighted by atomic mass is 32.2. The molecule has 0 amide bonds. The fourth-order valence-electron chi connectivity index (χ4n) is 3.87. The van der Waals surface area contributed by atoms with Gasteiger partial charge in [0.2, 0.25) is 15.5 Å². The molecule has 3 aromatic heterocycles. The summed E-state index contributed by atoms with van der Waals surface area (Å²) in [6.07, 6.45) is -4.73. The normalized spacial score (nSPS) is 24.1. The molecule has 1 saturated heterocycles. The molecule has 5 rings (SSSR count). The van der Waals surface area contributed by atoms with Crippen LogP contribution in [-0.4, -0.2) is 72.8 Å². The third-order valence-electron chi connectivity index (χ3n) is 5.57. The first-order chi connectivity index (χ1) is 16.2. The van der Waals surface area contributed by atoms with Gasteiger partial charge in [-0.1, -0.05) is 12.1 Å². The zero-order chi connectivity index (χ0) is 24.2. The van der Waals surface area contributed by atoms with Gasteiger partial charge in [-0.2, -0.15) is 4.72 Å². The van der Waals surface area contributed by atoms with Crippen LogP contribution in [0.4, 0.5) is 5.82 Å². The number of benzene rings is 1. The van der Waals surface area contributed by atoms with E-state index in [9.17, 15) is 28.5 Å². The van der Waals surface area contributed by atoms with E-state index in [0.717, 1.165) is 6.20 Å². The number of pyridine rings is 1. The van der Waals surface area contributed by atoms with Crippen LogP contribution in [0.5, 0.6) is 0 Å². The van der Waals surface area contributed by atoms with Crippen molar-refractivity contribution in [3.05, 3.63) is 53.3 Å². The third kappa shape index (κ3) is 3.51. The van der Waals surface area contributed by atoms with Crippen LogP contribution in [0.1, 0.15) is 6.23 Å². The molecule has 0 aliphatic carbocycles. The average Bonchev–Trinajstić information content (AvgIpc) is 3.36. The van der Waals surface area contributed by atoms with Crippen LogP contribution < -0.4 is 15.9 Å². The fraction of sp³-hybridized carbons (Fsp3) is 0.263. The van der Waals surface area contributed by atoms with E-state index in [-0.39, 0.29) is 22.4 Å². The summed E-state index contributed by atoms with van der Waals surface area (Å²) < 4.78 is 34.5. The Labute approximate surface area is 190 Å². The van der Waals surface area contributed by atoms with Crippen LogP contribution in [0, 0.1) is 0 Å². The van der Waals surface area contributed by atoms with Gasteiger partial charge < -0.3 is 30.8 Å². The van der Waals surface area contributed by atoms with Gasteiger partial charge in [-0.15, -0.1) is 0 Å². The molecular weight excluding hydrogens is 470 g/mol. The van der Waals surface area contributed by atoms with E-state index in [1.54, 1.807) is 18.2 Å². The first-order valence-electron chi connectivity index (χ1n) is 9.94. The summed E-state index contributed by atoms with van der Waals surface area (Å²) >= 11 is 0. The molecule has 15 heteroatoms. The highest BCUT2D eigenvalue weighted by molar-refractivity contribution is 7.89. The van der Waals surface area contributed by atoms with Gasteiger partial charge in [0, 0.05) is 17.1 Å². The maximum absolute atomic E-state index is 12.8. The topological polar surface area (TPSA) is 219 Å². The van der Waals surface area contributed by atoms with Crippen molar-refractivity contribution >= 4 is 37.9 Å². The lowest BCUT2D eigenvalue weighted by Crippen LogP contribution is -2.49. The van der Waals surface area contributed by atoms with Gasteiger partial charge in [0.1, 0.15) is 41.3 Å². The van der Waals surface area contributed by atoms with E-state index < -0.39 is 51.1 Å². The van der Waals surface area contributed by atoms with Crippen molar-refractivity contribution in [1.82, 2.24) is 29.2 Å². The maximum Gasteiger partial charge on any atom is 0.248 e. The summed E-state index contributed by atoms with van der Waals surface area (Å²) in [6, 6.07) is 6.33. The molecule has 0 saturated carbocycles. The van der Waals surface area contributed by atoms with E-state index in [2.05, 4.69) is 19.9 Å². The third-order valence-corrected chi connectivity index (χ3v) is 7.00. The number of imidazole rings is 1. The van der Waals surface area contributed by atoms with Gasteiger partial charge in [0.15, 0.2) is 17.7 Å². The summed E-state index contributed by atoms with van der Waals surface area (Å²) in [5.41, 5.74) is 5.84. The molecule has 0 radical (unpaired) electrons. The van der Waals surface area contributed by atoms with Crippen molar-refractivity contribution in [2.24, 2.45) is 0 Å². The number of aromatic nitrogens is 5. The fourth-order valence-corrected chi connectivity index (χ4v) is 5.02. The molecule has 7 N–H and O–H groups in total. The van der Waals surface area contributed by atoms with Crippen LogP contribution in [-0.2, 0) is 14.8 Å². The Morgan fingerprint density at radius 1 is 1.18 bits per heavy atom. The molecule has 4 aromatic rings. The highest BCUT2D eigenvalue weighted by Crippen LogP contribution is 2.33. The summed E-state index contributed by atoms with van der Waals surface area (Å²) in [7, 11) is -4.54. The zero-order valence-corrected chi connectivity index (χ0v) is 18.0. The Kier molecular flexibility index (Phi) is 5.31. The van der Waals surface area contributed by atoms with Crippen molar-refractivity contribution in [2.75, 3.05) is 5.73 Å². The Morgan fingerprint density at radius 3 is 2.74 bits per heavy atom. The van der Waals surface area contributed by atoms with E-state index in [1.165, 1.54) is 23.3 Å². The number of H-pyrrole nitrogens is 1. The van der Waals surface area contributed by atoms with E-state index in [0.29, 0.717) is 5.52 Å². The molecule has 0 spiro atoms. The number of anilines is 1. The molecule has 178 valence electrons. The minimum Gasteiger partial charge on any atom is -0.387 e. The summed E-state index contributed by atoms with van der Waals surface area (Å²) in [5.74, 6) is 0.0849. The Bertz CT molecular complexity index is 1550. The van der Waals surface area contributed by atoms with Crippen LogP contribution in [0.2, 0.25) is 0 Å². The number of nitrogens with one attached hydrogen (secondary N) is 2. The van der Waals surface area contributed by atoms with Gasteiger partial charge in [-0.3, -0.25) is 9.36 Å². The number of fused-ring (bicyclic) bond motifs is 2. The minimum absolute atomic E-state index is 0.0849. The number of nitrogens with two attached hydrogens (primary N) is 1. The number of hydrogen-bond donors (Lipinski definition) is 6. The molecule has 1 fully saturated rings. The predicted molar refractivity (Wildman–Crippen MR) is 117 cm³/mol. The number of aromatic amines is 1. The van der Waals surface area contributed by atoms with Crippen LogP contribution >= 0.6 is 0 Å². The standard InChI is InChI=1S/C19H19N7O7S/c20-16-11-17(23-6-22-16)26(7-24-11)19-14(29)13(28)15(33-19)18(30)25-34(31,32)10-5-21-9-4-2-1-3-8(9)12(10)27/h1-7,13-15,18-19,25,28-30H,(H,21,27)(H2,20,22,23)/t13-,14+,15-,18?,19+/m0/s1. The second-order valence-corrected chi connectivity index (χ2v) is 9.33. The molecule has 0 bridgehead atoms. The average molecular weight is 489 g/mol. The molecule has 34 heavy (non-hydrogen) atoms. The van der Waals surface area contributed by atoms with Crippen molar-refractivity contribution < 1.29 is 28.5 Å². The van der Waals surface area contributed by atoms with Gasteiger partial charge in [-0.25, -0.2) is 23.4 Å². The second-order valence-electron chi connectivity index (χ2n) is 7.65. The monoisotopic (exact) mass is 489 g/mol. The van der Waals surface area contributed by atoms with Crippen molar-refractivity contribution in [3.8, 4) is 0 Å². The number of aliphatic hydroxyl groups excluding tert-OH is 3. The van der Waals surface area contributed by atoms with Gasteiger partial charge in [-0.05, 0) is 12.1 Å². The molecule has 14 nitrogen and oxygen atoms in total. The number of para-hydroxylation sites is 1. The number of nitrogen functional groups attached to an aromatic ring is 1. The van der Waals surface area contributed by atoms with Gasteiger partial charge in [0.05, 0.1) is 6.33 Å². The Morgan fingerprint density at radius 2 is 1.94 bits per heavy atom. The number of nitrogens with zero attached hydrogens (tertiary/aromatic N) is 4. The molecule has 4 heterocycles. The zero-order valence-electron chi connectivity index (χ0n) is 17.2. The summed E-state index contributed by atoms with van der Waals surface area (Å²) in [5, 5.41) is 31.7. The first kappa shape index (κ1) is 22.3. The first-order valence-corrected chi connectivity index (χ1v) is 11.4. The Balaban J connectivity index is 1.41. The predicted octanol–water partition coefficient (Wildman–Crippen LogP) is -1.83. The lowest BCUT2D eigenvalue weighted by molar-refractivity contribution is -0.0864.